The molecule has 33 heavy (non-hydrogen) atoms. The summed E-state index contributed by atoms with van der Waals surface area (Å²) in [5.74, 6) is 0.715. The van der Waals surface area contributed by atoms with E-state index in [0.29, 0.717) is 43.4 Å². The molecular weight excluding hydrogens is 455 g/mol. The van der Waals surface area contributed by atoms with Crippen LogP contribution in [0.3, 0.4) is 0 Å². The number of hydrogen-bond acceptors (Lipinski definition) is 4. The highest BCUT2D eigenvalue weighted by molar-refractivity contribution is 6.33. The molecule has 1 N–H and O–H groups in total. The van der Waals surface area contributed by atoms with Crippen molar-refractivity contribution in [3.63, 3.8) is 0 Å². The van der Waals surface area contributed by atoms with Gasteiger partial charge in [0.1, 0.15) is 5.82 Å². The van der Waals surface area contributed by atoms with Gasteiger partial charge in [-0.25, -0.2) is 14.8 Å². The van der Waals surface area contributed by atoms with Crippen molar-refractivity contribution in [1.82, 2.24) is 9.97 Å². The number of carbonyl (C=O) groups is 1. The number of urea groups is 1. The molecule has 0 saturated carbocycles. The van der Waals surface area contributed by atoms with E-state index in [1.807, 2.05) is 11.8 Å². The molecule has 0 bridgehead atoms. The van der Waals surface area contributed by atoms with E-state index in [1.165, 1.54) is 17.0 Å². The zero-order chi connectivity index (χ0) is 23.6. The molecule has 1 aliphatic rings. The standard InChI is InChI=1S/C23H21ClF3N5O/c1-2-31-11-6-12-32(22(33)29-19-9-3-4-10-28-19)21-18(31)14-17(24)20(30-21)15-7-5-8-16(13-15)23(25,26)27/h3-5,7-10,13-14H,2,6,11-12H2,1H3,(H,28,29,33). The maximum Gasteiger partial charge on any atom is 0.416 e. The van der Waals surface area contributed by atoms with Crippen LogP contribution in [-0.2, 0) is 6.18 Å². The van der Waals surface area contributed by atoms with E-state index in [1.54, 1.807) is 30.5 Å². The van der Waals surface area contributed by atoms with Crippen LogP contribution in [0.5, 0.6) is 0 Å². The molecule has 4 rings (SSSR count). The number of rotatable bonds is 3. The fourth-order valence-corrected chi connectivity index (χ4v) is 3.99. The highest BCUT2D eigenvalue weighted by atomic mass is 35.5. The van der Waals surface area contributed by atoms with Crippen molar-refractivity contribution in [3.05, 3.63) is 65.3 Å². The lowest BCUT2D eigenvalue weighted by molar-refractivity contribution is -0.137. The summed E-state index contributed by atoms with van der Waals surface area (Å²) < 4.78 is 39.8. The number of anilines is 3. The van der Waals surface area contributed by atoms with Crippen molar-refractivity contribution in [3.8, 4) is 11.3 Å². The molecule has 0 radical (unpaired) electrons. The lowest BCUT2D eigenvalue weighted by Gasteiger charge is -2.26. The Labute approximate surface area is 194 Å². The van der Waals surface area contributed by atoms with Crippen molar-refractivity contribution >= 4 is 35.0 Å². The SMILES string of the molecule is CCN1CCCN(C(=O)Nc2ccccn2)c2nc(-c3cccc(C(F)(F)F)c3)c(Cl)cc21. The third-order valence-corrected chi connectivity index (χ3v) is 5.62. The summed E-state index contributed by atoms with van der Waals surface area (Å²) in [4.78, 5) is 25.4. The highest BCUT2D eigenvalue weighted by Gasteiger charge is 2.32. The Morgan fingerprint density at radius 3 is 2.67 bits per heavy atom. The van der Waals surface area contributed by atoms with Gasteiger partial charge in [-0.2, -0.15) is 13.2 Å². The zero-order valence-electron chi connectivity index (χ0n) is 17.7. The van der Waals surface area contributed by atoms with Gasteiger partial charge in [-0.1, -0.05) is 29.8 Å². The minimum Gasteiger partial charge on any atom is -0.369 e. The van der Waals surface area contributed by atoms with Gasteiger partial charge in [0.25, 0.3) is 0 Å². The number of alkyl halides is 3. The summed E-state index contributed by atoms with van der Waals surface area (Å²) >= 11 is 6.50. The quantitative estimate of drug-likeness (QED) is 0.498. The lowest BCUT2D eigenvalue weighted by Crippen LogP contribution is -2.36. The van der Waals surface area contributed by atoms with Gasteiger partial charge in [0, 0.05) is 31.4 Å². The predicted molar refractivity (Wildman–Crippen MR) is 123 cm³/mol. The Bertz CT molecular complexity index is 1160. The molecule has 2 amide bonds. The molecule has 0 saturated heterocycles. The number of halogens is 4. The number of nitrogens with zero attached hydrogens (tertiary/aromatic N) is 4. The normalized spacial score (nSPS) is 14.0. The number of aromatic nitrogens is 2. The topological polar surface area (TPSA) is 61.4 Å². The first kappa shape index (κ1) is 22.8. The number of amides is 2. The summed E-state index contributed by atoms with van der Waals surface area (Å²) in [5, 5.41) is 2.96. The molecular formula is C23H21ClF3N5O. The highest BCUT2D eigenvalue weighted by Crippen LogP contribution is 2.39. The van der Waals surface area contributed by atoms with Gasteiger partial charge < -0.3 is 4.90 Å². The number of carbonyl (C=O) groups excluding carboxylic acids is 1. The first-order chi connectivity index (χ1) is 15.8. The van der Waals surface area contributed by atoms with Crippen molar-refractivity contribution < 1.29 is 18.0 Å². The molecule has 1 aromatic carbocycles. The van der Waals surface area contributed by atoms with Gasteiger partial charge in [0.05, 0.1) is 22.0 Å². The van der Waals surface area contributed by atoms with Crippen LogP contribution in [0.1, 0.15) is 18.9 Å². The Hall–Kier alpha value is -3.33. The minimum atomic E-state index is -4.50. The van der Waals surface area contributed by atoms with Crippen LogP contribution in [0, 0.1) is 0 Å². The largest absolute Gasteiger partial charge is 0.416 e. The Balaban J connectivity index is 1.80. The summed E-state index contributed by atoms with van der Waals surface area (Å²) in [6.45, 7) is 3.68. The number of nitrogens with one attached hydrogen (secondary N) is 1. The average Bonchev–Trinajstić information content (AvgIpc) is 2.97. The van der Waals surface area contributed by atoms with E-state index in [9.17, 15) is 18.0 Å². The van der Waals surface area contributed by atoms with Gasteiger partial charge in [-0.15, -0.1) is 0 Å². The number of pyridine rings is 2. The molecule has 0 spiro atoms. The minimum absolute atomic E-state index is 0.176. The molecule has 0 fully saturated rings. The van der Waals surface area contributed by atoms with Gasteiger partial charge in [-0.3, -0.25) is 10.2 Å². The van der Waals surface area contributed by atoms with E-state index in [-0.39, 0.29) is 16.3 Å². The average molecular weight is 476 g/mol. The van der Waals surface area contributed by atoms with E-state index >= 15 is 0 Å². The Morgan fingerprint density at radius 1 is 1.15 bits per heavy atom. The molecule has 172 valence electrons. The second-order valence-corrected chi connectivity index (χ2v) is 7.88. The van der Waals surface area contributed by atoms with Crippen LogP contribution in [0.15, 0.2) is 54.7 Å². The van der Waals surface area contributed by atoms with Gasteiger partial charge >= 0.3 is 12.2 Å². The van der Waals surface area contributed by atoms with Crippen molar-refractivity contribution in [2.24, 2.45) is 0 Å². The molecule has 0 atom stereocenters. The number of hydrogen-bond donors (Lipinski definition) is 1. The molecule has 6 nitrogen and oxygen atoms in total. The Kier molecular flexibility index (Phi) is 6.42. The van der Waals surface area contributed by atoms with E-state index < -0.39 is 17.8 Å². The fourth-order valence-electron chi connectivity index (χ4n) is 3.73. The zero-order valence-corrected chi connectivity index (χ0v) is 18.5. The smallest absolute Gasteiger partial charge is 0.369 e. The second kappa shape index (κ2) is 9.27. The van der Waals surface area contributed by atoms with Crippen LogP contribution in [0.2, 0.25) is 5.02 Å². The summed E-state index contributed by atoms with van der Waals surface area (Å²) in [5.41, 5.74) is 0.241. The molecule has 1 aliphatic heterocycles. The molecule has 10 heteroatoms. The van der Waals surface area contributed by atoms with Crippen molar-refractivity contribution in [2.75, 3.05) is 34.8 Å². The van der Waals surface area contributed by atoms with Crippen LogP contribution in [0.4, 0.5) is 35.3 Å². The summed E-state index contributed by atoms with van der Waals surface area (Å²) in [7, 11) is 0. The first-order valence-corrected chi connectivity index (χ1v) is 10.8. The Morgan fingerprint density at radius 2 is 1.97 bits per heavy atom. The molecule has 2 aromatic heterocycles. The third-order valence-electron chi connectivity index (χ3n) is 5.33. The van der Waals surface area contributed by atoms with Crippen molar-refractivity contribution in [2.45, 2.75) is 19.5 Å². The molecule has 0 unspecified atom stereocenters. The van der Waals surface area contributed by atoms with Gasteiger partial charge in [0.15, 0.2) is 5.82 Å². The van der Waals surface area contributed by atoms with Crippen molar-refractivity contribution in [1.29, 1.82) is 0 Å². The first-order valence-electron chi connectivity index (χ1n) is 10.4. The number of benzene rings is 1. The predicted octanol–water partition coefficient (Wildman–Crippen LogP) is 6.08. The van der Waals surface area contributed by atoms with Crippen LogP contribution >= 0.6 is 11.6 Å². The lowest BCUT2D eigenvalue weighted by atomic mass is 10.1. The maximum absolute atomic E-state index is 13.3. The van der Waals surface area contributed by atoms with E-state index in [4.69, 9.17) is 11.6 Å². The van der Waals surface area contributed by atoms with Gasteiger partial charge in [0.2, 0.25) is 0 Å². The third kappa shape index (κ3) is 4.88. The summed E-state index contributed by atoms with van der Waals surface area (Å²) in [6.07, 6.45) is -2.26. The number of fused-ring (bicyclic) bond motifs is 1. The molecule has 3 heterocycles. The molecule has 0 aliphatic carbocycles. The van der Waals surface area contributed by atoms with E-state index in [2.05, 4.69) is 15.3 Å². The fraction of sp³-hybridized carbons (Fsp3) is 0.261. The maximum atomic E-state index is 13.3. The van der Waals surface area contributed by atoms with Crippen LogP contribution in [0.25, 0.3) is 11.3 Å². The van der Waals surface area contributed by atoms with Crippen LogP contribution < -0.4 is 15.1 Å². The molecule has 3 aromatic rings. The van der Waals surface area contributed by atoms with E-state index in [0.717, 1.165) is 12.1 Å². The van der Waals surface area contributed by atoms with Crippen LogP contribution in [-0.4, -0.2) is 35.6 Å². The van der Waals surface area contributed by atoms with Gasteiger partial charge in [-0.05, 0) is 43.7 Å². The summed E-state index contributed by atoms with van der Waals surface area (Å²) in [6, 6.07) is 11.2. The monoisotopic (exact) mass is 475 g/mol. The second-order valence-electron chi connectivity index (χ2n) is 7.47.